The lowest BCUT2D eigenvalue weighted by Crippen LogP contribution is -2.18. The molecule has 1 aromatic carbocycles. The zero-order valence-corrected chi connectivity index (χ0v) is 13.7. The van der Waals surface area contributed by atoms with Gasteiger partial charge in [0, 0.05) is 30.1 Å². The molecule has 0 atom stereocenters. The molecule has 0 radical (unpaired) electrons. The molecule has 1 N–H and O–H groups in total. The van der Waals surface area contributed by atoms with Crippen LogP contribution in [0.1, 0.15) is 36.6 Å². The summed E-state index contributed by atoms with van der Waals surface area (Å²) in [5, 5.41) is 4.63. The normalized spacial score (nSPS) is 15.4. The van der Waals surface area contributed by atoms with Gasteiger partial charge in [-0.3, -0.25) is 0 Å². The van der Waals surface area contributed by atoms with Gasteiger partial charge in [-0.1, -0.05) is 30.3 Å². The summed E-state index contributed by atoms with van der Waals surface area (Å²) in [6, 6.07) is 11.1. The lowest BCUT2D eigenvalue weighted by Gasteiger charge is -2.19. The SMILES string of the molecule is COC(C)(C)c1nc(-c2ccccc2)c(CNC2CC2)s1. The van der Waals surface area contributed by atoms with E-state index in [1.165, 1.54) is 23.3 Å². The van der Waals surface area contributed by atoms with E-state index in [0.29, 0.717) is 6.04 Å². The molecule has 1 fully saturated rings. The van der Waals surface area contributed by atoms with Crippen LogP contribution in [0.15, 0.2) is 30.3 Å². The number of hydrogen-bond acceptors (Lipinski definition) is 4. The number of nitrogens with zero attached hydrogens (tertiary/aromatic N) is 1. The fraction of sp³-hybridized carbons (Fsp3) is 0.471. The second kappa shape index (κ2) is 5.87. The summed E-state index contributed by atoms with van der Waals surface area (Å²) >= 11 is 1.76. The van der Waals surface area contributed by atoms with Crippen LogP contribution in [0.25, 0.3) is 11.3 Å². The largest absolute Gasteiger partial charge is 0.372 e. The Kier molecular flexibility index (Phi) is 4.11. The van der Waals surface area contributed by atoms with E-state index in [1.54, 1.807) is 18.4 Å². The first kappa shape index (κ1) is 14.7. The van der Waals surface area contributed by atoms with Gasteiger partial charge in [0.2, 0.25) is 0 Å². The van der Waals surface area contributed by atoms with Crippen molar-refractivity contribution < 1.29 is 4.74 Å². The Bertz CT molecular complexity index is 603. The number of nitrogens with one attached hydrogen (secondary N) is 1. The average Bonchev–Trinajstić information content (AvgIpc) is 3.23. The quantitative estimate of drug-likeness (QED) is 0.877. The summed E-state index contributed by atoms with van der Waals surface area (Å²) in [6.07, 6.45) is 2.60. The molecule has 112 valence electrons. The number of hydrogen-bond donors (Lipinski definition) is 1. The fourth-order valence-corrected chi connectivity index (χ4v) is 3.28. The van der Waals surface area contributed by atoms with Crippen molar-refractivity contribution in [3.05, 3.63) is 40.2 Å². The molecule has 0 bridgehead atoms. The van der Waals surface area contributed by atoms with Crippen LogP contribution < -0.4 is 5.32 Å². The first-order valence-electron chi connectivity index (χ1n) is 7.44. The third kappa shape index (κ3) is 3.34. The van der Waals surface area contributed by atoms with Gasteiger partial charge in [0.05, 0.1) is 5.69 Å². The number of benzene rings is 1. The molecule has 0 spiro atoms. The Morgan fingerprint density at radius 2 is 2.00 bits per heavy atom. The van der Waals surface area contributed by atoms with E-state index in [1.807, 2.05) is 6.07 Å². The predicted molar refractivity (Wildman–Crippen MR) is 87.4 cm³/mol. The van der Waals surface area contributed by atoms with E-state index < -0.39 is 0 Å². The van der Waals surface area contributed by atoms with E-state index in [-0.39, 0.29) is 5.60 Å². The Morgan fingerprint density at radius 1 is 1.29 bits per heavy atom. The number of rotatable bonds is 6. The van der Waals surface area contributed by atoms with Crippen molar-refractivity contribution in [1.29, 1.82) is 0 Å². The van der Waals surface area contributed by atoms with Crippen molar-refractivity contribution in [2.24, 2.45) is 0 Å². The van der Waals surface area contributed by atoms with Crippen LogP contribution in [0.5, 0.6) is 0 Å². The zero-order chi connectivity index (χ0) is 14.9. The maximum atomic E-state index is 5.59. The predicted octanol–water partition coefficient (Wildman–Crippen LogP) is 3.94. The first-order chi connectivity index (χ1) is 10.1. The second-order valence-electron chi connectivity index (χ2n) is 6.03. The average molecular weight is 302 g/mol. The molecule has 1 aromatic heterocycles. The topological polar surface area (TPSA) is 34.1 Å². The van der Waals surface area contributed by atoms with Crippen molar-refractivity contribution in [3.63, 3.8) is 0 Å². The summed E-state index contributed by atoms with van der Waals surface area (Å²) in [5.74, 6) is 0. The molecule has 0 unspecified atom stereocenters. The van der Waals surface area contributed by atoms with Crippen LogP contribution in [0.3, 0.4) is 0 Å². The molecule has 1 heterocycles. The minimum atomic E-state index is -0.341. The Balaban J connectivity index is 1.94. The lowest BCUT2D eigenvalue weighted by molar-refractivity contribution is 0.0191. The van der Waals surface area contributed by atoms with Crippen molar-refractivity contribution in [2.75, 3.05) is 7.11 Å². The van der Waals surface area contributed by atoms with Gasteiger partial charge < -0.3 is 10.1 Å². The van der Waals surface area contributed by atoms with E-state index in [0.717, 1.165) is 17.2 Å². The Hall–Kier alpha value is -1.23. The van der Waals surface area contributed by atoms with Gasteiger partial charge in [0.25, 0.3) is 0 Å². The highest BCUT2D eigenvalue weighted by Gasteiger charge is 2.27. The molecule has 21 heavy (non-hydrogen) atoms. The molecular weight excluding hydrogens is 280 g/mol. The number of aromatic nitrogens is 1. The number of thiazole rings is 1. The second-order valence-corrected chi connectivity index (χ2v) is 7.11. The highest BCUT2D eigenvalue weighted by Crippen LogP contribution is 2.35. The van der Waals surface area contributed by atoms with Gasteiger partial charge in [0.15, 0.2) is 0 Å². The van der Waals surface area contributed by atoms with Crippen LogP contribution in [-0.4, -0.2) is 18.1 Å². The van der Waals surface area contributed by atoms with E-state index in [2.05, 4.69) is 43.4 Å². The molecule has 0 aliphatic heterocycles. The van der Waals surface area contributed by atoms with Gasteiger partial charge in [-0.2, -0.15) is 0 Å². The summed E-state index contributed by atoms with van der Waals surface area (Å²) in [5.41, 5.74) is 1.93. The van der Waals surface area contributed by atoms with Crippen molar-refractivity contribution in [3.8, 4) is 11.3 Å². The smallest absolute Gasteiger partial charge is 0.125 e. The molecule has 3 nitrogen and oxygen atoms in total. The molecule has 1 saturated carbocycles. The van der Waals surface area contributed by atoms with Crippen molar-refractivity contribution in [2.45, 2.75) is 44.9 Å². The molecule has 0 saturated heterocycles. The minimum Gasteiger partial charge on any atom is -0.372 e. The van der Waals surface area contributed by atoms with Crippen molar-refractivity contribution in [1.82, 2.24) is 10.3 Å². The van der Waals surface area contributed by atoms with Crippen molar-refractivity contribution >= 4 is 11.3 Å². The molecule has 3 rings (SSSR count). The Labute approximate surface area is 130 Å². The van der Waals surface area contributed by atoms with E-state index in [4.69, 9.17) is 9.72 Å². The molecule has 4 heteroatoms. The van der Waals surface area contributed by atoms with Gasteiger partial charge in [-0.05, 0) is 26.7 Å². The standard InChI is InChI=1S/C17H22N2OS/c1-17(2,20-3)16-19-15(12-7-5-4-6-8-12)14(21-16)11-18-13-9-10-13/h4-8,13,18H,9-11H2,1-3H3. The fourth-order valence-electron chi connectivity index (χ4n) is 2.16. The van der Waals surface area contributed by atoms with Crippen LogP contribution in [-0.2, 0) is 16.9 Å². The summed E-state index contributed by atoms with van der Waals surface area (Å²) in [4.78, 5) is 6.17. The van der Waals surface area contributed by atoms with E-state index in [9.17, 15) is 0 Å². The molecule has 1 aliphatic rings. The number of ether oxygens (including phenoxy) is 1. The molecular formula is C17H22N2OS. The van der Waals surface area contributed by atoms with Crippen LogP contribution in [0.2, 0.25) is 0 Å². The molecule has 2 aromatic rings. The lowest BCUT2D eigenvalue weighted by atomic mass is 10.1. The zero-order valence-electron chi connectivity index (χ0n) is 12.8. The number of methoxy groups -OCH3 is 1. The minimum absolute atomic E-state index is 0.341. The Morgan fingerprint density at radius 3 is 2.62 bits per heavy atom. The van der Waals surface area contributed by atoms with Crippen LogP contribution >= 0.6 is 11.3 Å². The van der Waals surface area contributed by atoms with Crippen LogP contribution in [0.4, 0.5) is 0 Å². The maximum Gasteiger partial charge on any atom is 0.125 e. The highest BCUT2D eigenvalue weighted by molar-refractivity contribution is 7.12. The molecule has 1 aliphatic carbocycles. The van der Waals surface area contributed by atoms with Crippen LogP contribution in [0, 0.1) is 0 Å². The van der Waals surface area contributed by atoms with Gasteiger partial charge in [-0.15, -0.1) is 11.3 Å². The highest BCUT2D eigenvalue weighted by atomic mass is 32.1. The third-order valence-electron chi connectivity index (χ3n) is 3.90. The van der Waals surface area contributed by atoms with E-state index >= 15 is 0 Å². The maximum absolute atomic E-state index is 5.59. The summed E-state index contributed by atoms with van der Waals surface area (Å²) in [6.45, 7) is 5.03. The summed E-state index contributed by atoms with van der Waals surface area (Å²) in [7, 11) is 1.74. The molecule has 0 amide bonds. The first-order valence-corrected chi connectivity index (χ1v) is 8.26. The monoisotopic (exact) mass is 302 g/mol. The van der Waals surface area contributed by atoms with Gasteiger partial charge >= 0.3 is 0 Å². The van der Waals surface area contributed by atoms with Gasteiger partial charge in [0.1, 0.15) is 10.6 Å². The van der Waals surface area contributed by atoms with Gasteiger partial charge in [-0.25, -0.2) is 4.98 Å². The summed E-state index contributed by atoms with van der Waals surface area (Å²) < 4.78 is 5.59. The third-order valence-corrected chi connectivity index (χ3v) is 5.26.